The van der Waals surface area contributed by atoms with Crippen molar-refractivity contribution >= 4 is 5.69 Å². The molecule has 3 nitrogen and oxygen atoms in total. The molecule has 0 aliphatic carbocycles. The molecule has 3 heteroatoms. The highest BCUT2D eigenvalue weighted by molar-refractivity contribution is 5.48. The van der Waals surface area contributed by atoms with Gasteiger partial charge in [-0.15, -0.1) is 0 Å². The van der Waals surface area contributed by atoms with Gasteiger partial charge in [0.05, 0.1) is 11.4 Å². The van der Waals surface area contributed by atoms with E-state index >= 15 is 0 Å². The molecule has 0 aliphatic rings. The van der Waals surface area contributed by atoms with Gasteiger partial charge in [0.2, 0.25) is 0 Å². The summed E-state index contributed by atoms with van der Waals surface area (Å²) >= 11 is 0. The minimum absolute atomic E-state index is 0.494. The maximum atomic E-state index is 5.50. The molecule has 0 spiro atoms. The van der Waals surface area contributed by atoms with E-state index in [2.05, 4.69) is 4.98 Å². The van der Waals surface area contributed by atoms with E-state index < -0.39 is 0 Å². The van der Waals surface area contributed by atoms with E-state index in [-0.39, 0.29) is 0 Å². The van der Waals surface area contributed by atoms with Crippen LogP contribution in [0.1, 0.15) is 5.69 Å². The van der Waals surface area contributed by atoms with Gasteiger partial charge in [-0.05, 0) is 12.1 Å². The monoisotopic (exact) mass is 151 g/mol. The SMILES string of the molecule is CN(C)c1cccnc1CN. The normalized spacial score (nSPS) is 9.73. The van der Waals surface area contributed by atoms with Gasteiger partial charge in [0.1, 0.15) is 0 Å². The minimum Gasteiger partial charge on any atom is -0.376 e. The molecule has 0 fully saturated rings. The summed E-state index contributed by atoms with van der Waals surface area (Å²) in [6.07, 6.45) is 1.76. The molecule has 0 amide bonds. The average Bonchev–Trinajstić information content (AvgIpc) is 2.04. The molecular formula is C8H13N3. The van der Waals surface area contributed by atoms with Gasteiger partial charge in [0.25, 0.3) is 0 Å². The first-order chi connectivity index (χ1) is 5.25. The molecule has 0 saturated heterocycles. The lowest BCUT2D eigenvalue weighted by Gasteiger charge is -2.14. The molecule has 60 valence electrons. The van der Waals surface area contributed by atoms with Crippen molar-refractivity contribution in [3.05, 3.63) is 24.0 Å². The third-order valence-corrected chi connectivity index (χ3v) is 1.54. The van der Waals surface area contributed by atoms with Crippen LogP contribution in [0.5, 0.6) is 0 Å². The van der Waals surface area contributed by atoms with Crippen LogP contribution in [0, 0.1) is 0 Å². The molecule has 0 bridgehead atoms. The van der Waals surface area contributed by atoms with Crippen molar-refractivity contribution in [2.45, 2.75) is 6.54 Å². The van der Waals surface area contributed by atoms with Gasteiger partial charge in [0, 0.05) is 26.8 Å². The summed E-state index contributed by atoms with van der Waals surface area (Å²) in [6, 6.07) is 3.92. The maximum absolute atomic E-state index is 5.50. The Labute approximate surface area is 66.8 Å². The fourth-order valence-electron chi connectivity index (χ4n) is 0.994. The van der Waals surface area contributed by atoms with Gasteiger partial charge in [-0.3, -0.25) is 4.98 Å². The number of rotatable bonds is 2. The molecule has 1 heterocycles. The van der Waals surface area contributed by atoms with Crippen LogP contribution in [0.2, 0.25) is 0 Å². The Morgan fingerprint density at radius 2 is 2.27 bits per heavy atom. The second-order valence-corrected chi connectivity index (χ2v) is 2.57. The van der Waals surface area contributed by atoms with Crippen LogP contribution in [-0.2, 0) is 6.54 Å². The molecule has 0 atom stereocenters. The van der Waals surface area contributed by atoms with Gasteiger partial charge >= 0.3 is 0 Å². The fraction of sp³-hybridized carbons (Fsp3) is 0.375. The number of nitrogens with zero attached hydrogens (tertiary/aromatic N) is 2. The first-order valence-electron chi connectivity index (χ1n) is 3.57. The van der Waals surface area contributed by atoms with E-state index in [1.54, 1.807) is 6.20 Å². The molecule has 0 saturated carbocycles. The summed E-state index contributed by atoms with van der Waals surface area (Å²) < 4.78 is 0. The van der Waals surface area contributed by atoms with Gasteiger partial charge in [-0.25, -0.2) is 0 Å². The van der Waals surface area contributed by atoms with Crippen LogP contribution in [0.25, 0.3) is 0 Å². The largest absolute Gasteiger partial charge is 0.376 e. The molecule has 0 unspecified atom stereocenters. The third-order valence-electron chi connectivity index (χ3n) is 1.54. The number of hydrogen-bond acceptors (Lipinski definition) is 3. The molecule has 2 N–H and O–H groups in total. The summed E-state index contributed by atoms with van der Waals surface area (Å²) in [6.45, 7) is 0.494. The lowest BCUT2D eigenvalue weighted by Crippen LogP contribution is -2.13. The van der Waals surface area contributed by atoms with Crippen LogP contribution >= 0.6 is 0 Å². The Balaban J connectivity index is 3.02. The van der Waals surface area contributed by atoms with Crippen molar-refractivity contribution < 1.29 is 0 Å². The van der Waals surface area contributed by atoms with E-state index in [1.165, 1.54) is 0 Å². The summed E-state index contributed by atoms with van der Waals surface area (Å²) in [5, 5.41) is 0. The van der Waals surface area contributed by atoms with E-state index in [9.17, 15) is 0 Å². The summed E-state index contributed by atoms with van der Waals surface area (Å²) in [4.78, 5) is 6.16. The smallest absolute Gasteiger partial charge is 0.0772 e. The zero-order valence-electron chi connectivity index (χ0n) is 6.91. The molecular weight excluding hydrogens is 138 g/mol. The molecule has 1 rings (SSSR count). The van der Waals surface area contributed by atoms with Crippen molar-refractivity contribution in [3.63, 3.8) is 0 Å². The third kappa shape index (κ3) is 1.68. The van der Waals surface area contributed by atoms with Gasteiger partial charge < -0.3 is 10.6 Å². The van der Waals surface area contributed by atoms with Crippen molar-refractivity contribution in [1.29, 1.82) is 0 Å². The highest BCUT2D eigenvalue weighted by Gasteiger charge is 2.01. The lowest BCUT2D eigenvalue weighted by molar-refractivity contribution is 0.961. The molecule has 11 heavy (non-hydrogen) atoms. The van der Waals surface area contributed by atoms with Crippen LogP contribution in [0.3, 0.4) is 0 Å². The van der Waals surface area contributed by atoms with Crippen molar-refractivity contribution in [2.24, 2.45) is 5.73 Å². The van der Waals surface area contributed by atoms with E-state index in [0.29, 0.717) is 6.54 Å². The van der Waals surface area contributed by atoms with Crippen LogP contribution in [0.15, 0.2) is 18.3 Å². The van der Waals surface area contributed by atoms with Gasteiger partial charge in [0.15, 0.2) is 0 Å². The number of hydrogen-bond donors (Lipinski definition) is 1. The quantitative estimate of drug-likeness (QED) is 0.673. The second-order valence-electron chi connectivity index (χ2n) is 2.57. The first kappa shape index (κ1) is 8.01. The molecule has 0 radical (unpaired) electrons. The Bertz CT molecular complexity index is 233. The molecule has 1 aromatic rings. The number of pyridine rings is 1. The molecule has 0 aliphatic heterocycles. The van der Waals surface area contributed by atoms with Gasteiger partial charge in [-0.2, -0.15) is 0 Å². The lowest BCUT2D eigenvalue weighted by atomic mass is 10.3. The number of aromatic nitrogens is 1. The predicted octanol–water partition coefficient (Wildman–Crippen LogP) is 0.606. The molecule has 0 aromatic carbocycles. The molecule has 1 aromatic heterocycles. The average molecular weight is 151 g/mol. The van der Waals surface area contributed by atoms with Gasteiger partial charge in [-0.1, -0.05) is 0 Å². The summed E-state index contributed by atoms with van der Waals surface area (Å²) in [7, 11) is 3.96. The fourth-order valence-corrected chi connectivity index (χ4v) is 0.994. The zero-order valence-corrected chi connectivity index (χ0v) is 6.91. The Kier molecular flexibility index (Phi) is 2.44. The number of nitrogens with two attached hydrogens (primary N) is 1. The van der Waals surface area contributed by atoms with Crippen LogP contribution in [0.4, 0.5) is 5.69 Å². The Morgan fingerprint density at radius 1 is 1.55 bits per heavy atom. The standard InChI is InChI=1S/C8H13N3/c1-11(2)8-4-3-5-10-7(8)6-9/h3-5H,6,9H2,1-2H3. The number of anilines is 1. The zero-order chi connectivity index (χ0) is 8.27. The van der Waals surface area contributed by atoms with Crippen LogP contribution in [-0.4, -0.2) is 19.1 Å². The highest BCUT2D eigenvalue weighted by atomic mass is 15.1. The van der Waals surface area contributed by atoms with Crippen molar-refractivity contribution in [3.8, 4) is 0 Å². The summed E-state index contributed by atoms with van der Waals surface area (Å²) in [5.41, 5.74) is 7.53. The first-order valence-corrected chi connectivity index (χ1v) is 3.57. The second kappa shape index (κ2) is 3.34. The Hall–Kier alpha value is -1.09. The minimum atomic E-state index is 0.494. The van der Waals surface area contributed by atoms with E-state index in [4.69, 9.17) is 5.73 Å². The summed E-state index contributed by atoms with van der Waals surface area (Å²) in [5.74, 6) is 0. The topological polar surface area (TPSA) is 42.2 Å². The Morgan fingerprint density at radius 3 is 2.73 bits per heavy atom. The van der Waals surface area contributed by atoms with Crippen molar-refractivity contribution in [2.75, 3.05) is 19.0 Å². The van der Waals surface area contributed by atoms with E-state index in [0.717, 1.165) is 11.4 Å². The maximum Gasteiger partial charge on any atom is 0.0772 e. The predicted molar refractivity (Wildman–Crippen MR) is 46.5 cm³/mol. The van der Waals surface area contributed by atoms with Crippen molar-refractivity contribution in [1.82, 2.24) is 4.98 Å². The van der Waals surface area contributed by atoms with E-state index in [1.807, 2.05) is 31.1 Å². The van der Waals surface area contributed by atoms with Crippen LogP contribution < -0.4 is 10.6 Å². The highest BCUT2D eigenvalue weighted by Crippen LogP contribution is 2.13.